The summed E-state index contributed by atoms with van der Waals surface area (Å²) in [5, 5.41) is 6.09. The van der Waals surface area contributed by atoms with E-state index in [4.69, 9.17) is 0 Å². The zero-order chi connectivity index (χ0) is 16.8. The number of hydrogen-bond donors (Lipinski definition) is 2. The zero-order valence-corrected chi connectivity index (χ0v) is 14.2. The first-order valence-corrected chi connectivity index (χ1v) is 7.91. The summed E-state index contributed by atoms with van der Waals surface area (Å²) in [6.45, 7) is 9.03. The molecule has 0 saturated carbocycles. The summed E-state index contributed by atoms with van der Waals surface area (Å²) < 4.78 is 0. The first-order valence-electron chi connectivity index (χ1n) is 7.91. The Kier molecular flexibility index (Phi) is 5.68. The van der Waals surface area contributed by atoms with Crippen molar-refractivity contribution >= 4 is 17.4 Å². The SMILES string of the molecule is Cc1cccc(Nc2cnc(C(=O)NCCC(C)C)cn2)c1C. The van der Waals surface area contributed by atoms with Crippen molar-refractivity contribution in [2.75, 3.05) is 11.9 Å². The maximum absolute atomic E-state index is 12.0. The van der Waals surface area contributed by atoms with E-state index in [1.54, 1.807) is 6.20 Å². The summed E-state index contributed by atoms with van der Waals surface area (Å²) in [6, 6.07) is 6.06. The minimum Gasteiger partial charge on any atom is -0.351 e. The van der Waals surface area contributed by atoms with Gasteiger partial charge in [-0.2, -0.15) is 0 Å². The van der Waals surface area contributed by atoms with Crippen molar-refractivity contribution in [2.45, 2.75) is 34.1 Å². The molecule has 2 rings (SSSR count). The molecule has 0 aliphatic rings. The van der Waals surface area contributed by atoms with E-state index in [0.717, 1.165) is 12.1 Å². The van der Waals surface area contributed by atoms with Gasteiger partial charge in [0.2, 0.25) is 0 Å². The molecule has 1 heterocycles. The molecule has 5 heteroatoms. The first kappa shape index (κ1) is 16.9. The van der Waals surface area contributed by atoms with Crippen LogP contribution in [0, 0.1) is 19.8 Å². The van der Waals surface area contributed by atoms with Crippen molar-refractivity contribution < 1.29 is 4.79 Å². The van der Waals surface area contributed by atoms with Gasteiger partial charge in [0.15, 0.2) is 0 Å². The quantitative estimate of drug-likeness (QED) is 0.855. The van der Waals surface area contributed by atoms with Gasteiger partial charge in [0, 0.05) is 12.2 Å². The van der Waals surface area contributed by atoms with Crippen molar-refractivity contribution in [1.82, 2.24) is 15.3 Å². The number of benzene rings is 1. The highest BCUT2D eigenvalue weighted by Crippen LogP contribution is 2.21. The molecule has 2 N–H and O–H groups in total. The molecule has 1 aromatic heterocycles. The van der Waals surface area contributed by atoms with Crippen LogP contribution in [0.2, 0.25) is 0 Å². The first-order chi connectivity index (χ1) is 11.0. The standard InChI is InChI=1S/C18H24N4O/c1-12(2)8-9-19-18(23)16-10-21-17(11-20-16)22-15-7-5-6-13(3)14(15)4/h5-7,10-12H,8-9H2,1-4H3,(H,19,23)(H,21,22). The van der Waals surface area contributed by atoms with Gasteiger partial charge in [0.05, 0.1) is 12.4 Å². The molecular formula is C18H24N4O. The molecule has 0 saturated heterocycles. The van der Waals surface area contributed by atoms with E-state index >= 15 is 0 Å². The third-order valence-corrected chi connectivity index (χ3v) is 3.76. The smallest absolute Gasteiger partial charge is 0.271 e. The molecule has 0 radical (unpaired) electrons. The number of rotatable bonds is 6. The van der Waals surface area contributed by atoms with E-state index in [1.165, 1.54) is 17.3 Å². The third-order valence-electron chi connectivity index (χ3n) is 3.76. The summed E-state index contributed by atoms with van der Waals surface area (Å²) in [7, 11) is 0. The van der Waals surface area contributed by atoms with Crippen molar-refractivity contribution in [3.8, 4) is 0 Å². The van der Waals surface area contributed by atoms with E-state index in [2.05, 4.69) is 54.4 Å². The largest absolute Gasteiger partial charge is 0.351 e. The van der Waals surface area contributed by atoms with Crippen LogP contribution >= 0.6 is 0 Å². The van der Waals surface area contributed by atoms with E-state index in [-0.39, 0.29) is 5.91 Å². The topological polar surface area (TPSA) is 66.9 Å². The maximum Gasteiger partial charge on any atom is 0.271 e. The van der Waals surface area contributed by atoms with Crippen LogP contribution in [0.25, 0.3) is 0 Å². The van der Waals surface area contributed by atoms with Gasteiger partial charge in [0.1, 0.15) is 11.5 Å². The van der Waals surface area contributed by atoms with Crippen molar-refractivity contribution in [3.05, 3.63) is 47.4 Å². The molecule has 0 unspecified atom stereocenters. The minimum atomic E-state index is -0.184. The lowest BCUT2D eigenvalue weighted by Gasteiger charge is -2.11. The lowest BCUT2D eigenvalue weighted by Crippen LogP contribution is -2.26. The molecule has 0 fully saturated rings. The van der Waals surface area contributed by atoms with Crippen LogP contribution in [0.1, 0.15) is 41.9 Å². The van der Waals surface area contributed by atoms with Crippen LogP contribution < -0.4 is 10.6 Å². The number of amides is 1. The minimum absolute atomic E-state index is 0.184. The van der Waals surface area contributed by atoms with Crippen molar-refractivity contribution in [3.63, 3.8) is 0 Å². The summed E-state index contributed by atoms with van der Waals surface area (Å²) in [5.41, 5.74) is 3.71. The highest BCUT2D eigenvalue weighted by Gasteiger charge is 2.08. The number of hydrogen-bond acceptors (Lipinski definition) is 4. The second kappa shape index (κ2) is 7.72. The van der Waals surface area contributed by atoms with Gasteiger partial charge < -0.3 is 10.6 Å². The average Bonchev–Trinajstić information content (AvgIpc) is 2.52. The van der Waals surface area contributed by atoms with Gasteiger partial charge in [-0.1, -0.05) is 26.0 Å². The summed E-state index contributed by atoms with van der Waals surface area (Å²) in [5.74, 6) is 0.999. The number of aromatic nitrogens is 2. The van der Waals surface area contributed by atoms with E-state index in [0.29, 0.717) is 24.0 Å². The third kappa shape index (κ3) is 4.77. The fourth-order valence-corrected chi connectivity index (χ4v) is 2.10. The summed E-state index contributed by atoms with van der Waals surface area (Å²) >= 11 is 0. The second-order valence-corrected chi connectivity index (χ2v) is 6.10. The molecular weight excluding hydrogens is 288 g/mol. The molecule has 1 amide bonds. The predicted molar refractivity (Wildman–Crippen MR) is 93.0 cm³/mol. The van der Waals surface area contributed by atoms with Crippen LogP contribution in [0.5, 0.6) is 0 Å². The van der Waals surface area contributed by atoms with Crippen LogP contribution in [-0.4, -0.2) is 22.4 Å². The zero-order valence-electron chi connectivity index (χ0n) is 14.2. The van der Waals surface area contributed by atoms with Crippen LogP contribution in [0.4, 0.5) is 11.5 Å². The fourth-order valence-electron chi connectivity index (χ4n) is 2.10. The Balaban J connectivity index is 1.99. The number of anilines is 2. The molecule has 1 aromatic carbocycles. The summed E-state index contributed by atoms with van der Waals surface area (Å²) in [4.78, 5) is 20.4. The molecule has 0 atom stereocenters. The Bertz CT molecular complexity index is 665. The van der Waals surface area contributed by atoms with E-state index < -0.39 is 0 Å². The van der Waals surface area contributed by atoms with Crippen molar-refractivity contribution in [1.29, 1.82) is 0 Å². The number of nitrogens with zero attached hydrogens (tertiary/aromatic N) is 2. The highest BCUT2D eigenvalue weighted by atomic mass is 16.1. The number of carbonyl (C=O) groups is 1. The fraction of sp³-hybridized carbons (Fsp3) is 0.389. The number of carbonyl (C=O) groups excluding carboxylic acids is 1. The second-order valence-electron chi connectivity index (χ2n) is 6.10. The number of nitrogens with one attached hydrogen (secondary N) is 2. The maximum atomic E-state index is 12.0. The Morgan fingerprint density at radius 1 is 1.17 bits per heavy atom. The van der Waals surface area contributed by atoms with Gasteiger partial charge in [0.25, 0.3) is 5.91 Å². The Labute approximate surface area is 137 Å². The molecule has 2 aromatic rings. The molecule has 0 aliphatic heterocycles. The molecule has 23 heavy (non-hydrogen) atoms. The lowest BCUT2D eigenvalue weighted by molar-refractivity contribution is 0.0946. The van der Waals surface area contributed by atoms with Crippen LogP contribution in [0.15, 0.2) is 30.6 Å². The van der Waals surface area contributed by atoms with Crippen molar-refractivity contribution in [2.24, 2.45) is 5.92 Å². The van der Waals surface area contributed by atoms with Gasteiger partial charge in [-0.15, -0.1) is 0 Å². The molecule has 0 spiro atoms. The van der Waals surface area contributed by atoms with Gasteiger partial charge in [-0.3, -0.25) is 4.79 Å². The molecule has 5 nitrogen and oxygen atoms in total. The summed E-state index contributed by atoms with van der Waals surface area (Å²) in [6.07, 6.45) is 4.03. The Morgan fingerprint density at radius 2 is 1.96 bits per heavy atom. The van der Waals surface area contributed by atoms with Gasteiger partial charge >= 0.3 is 0 Å². The van der Waals surface area contributed by atoms with Gasteiger partial charge in [-0.25, -0.2) is 9.97 Å². The predicted octanol–water partition coefficient (Wildman–Crippen LogP) is 3.61. The Hall–Kier alpha value is -2.43. The normalized spacial score (nSPS) is 10.7. The van der Waals surface area contributed by atoms with E-state index in [1.807, 2.05) is 12.1 Å². The number of aryl methyl sites for hydroxylation is 1. The van der Waals surface area contributed by atoms with Gasteiger partial charge in [-0.05, 0) is 43.4 Å². The molecule has 0 aliphatic carbocycles. The monoisotopic (exact) mass is 312 g/mol. The lowest BCUT2D eigenvalue weighted by atomic mass is 10.1. The molecule has 122 valence electrons. The Morgan fingerprint density at radius 3 is 2.61 bits per heavy atom. The van der Waals surface area contributed by atoms with Crippen LogP contribution in [-0.2, 0) is 0 Å². The van der Waals surface area contributed by atoms with Crippen LogP contribution in [0.3, 0.4) is 0 Å². The van der Waals surface area contributed by atoms with E-state index in [9.17, 15) is 4.79 Å². The average molecular weight is 312 g/mol. The highest BCUT2D eigenvalue weighted by molar-refractivity contribution is 5.92. The molecule has 0 bridgehead atoms.